The van der Waals surface area contributed by atoms with Crippen molar-refractivity contribution < 1.29 is 4.79 Å². The monoisotopic (exact) mass is 404 g/mol. The first-order valence-electron chi connectivity index (χ1n) is 9.42. The Hall–Kier alpha value is -4.20. The molecule has 3 heterocycles. The molecular formula is C19H20N10O. The SMILES string of the molecule is N#Cc1nc(N2CCCC(C(N)=O)C2)cc(-n2nc(Nc3ccccc3)nc2N)n1. The number of benzene rings is 1. The van der Waals surface area contributed by atoms with Gasteiger partial charge >= 0.3 is 0 Å². The molecule has 0 aliphatic carbocycles. The second kappa shape index (κ2) is 8.04. The third kappa shape index (κ3) is 3.97. The van der Waals surface area contributed by atoms with Gasteiger partial charge < -0.3 is 21.7 Å². The lowest BCUT2D eigenvalue weighted by Crippen LogP contribution is -2.41. The van der Waals surface area contributed by atoms with Gasteiger partial charge in [0.25, 0.3) is 0 Å². The molecular weight excluding hydrogens is 384 g/mol. The molecule has 1 aliphatic heterocycles. The lowest BCUT2D eigenvalue weighted by molar-refractivity contribution is -0.122. The van der Waals surface area contributed by atoms with E-state index in [0.717, 1.165) is 18.5 Å². The van der Waals surface area contributed by atoms with Gasteiger partial charge in [0.1, 0.15) is 11.9 Å². The zero-order chi connectivity index (χ0) is 21.1. The number of nitrogens with two attached hydrogens (primary N) is 2. The minimum atomic E-state index is -0.341. The molecule has 11 heteroatoms. The van der Waals surface area contributed by atoms with Gasteiger partial charge in [-0.25, -0.2) is 4.98 Å². The summed E-state index contributed by atoms with van der Waals surface area (Å²) in [4.78, 5) is 26.2. The van der Waals surface area contributed by atoms with Crippen LogP contribution in [-0.2, 0) is 4.79 Å². The highest BCUT2D eigenvalue weighted by molar-refractivity contribution is 5.77. The smallest absolute Gasteiger partial charge is 0.248 e. The Kier molecular flexibility index (Phi) is 5.13. The number of carbonyl (C=O) groups excluding carboxylic acids is 1. The van der Waals surface area contributed by atoms with Gasteiger partial charge in [-0.2, -0.15) is 19.9 Å². The molecule has 5 N–H and O–H groups in total. The Bertz CT molecular complexity index is 1100. The number of hydrogen-bond donors (Lipinski definition) is 3. The molecule has 1 fully saturated rings. The Morgan fingerprint density at radius 1 is 1.20 bits per heavy atom. The summed E-state index contributed by atoms with van der Waals surface area (Å²) in [6.45, 7) is 1.13. The van der Waals surface area contributed by atoms with Crippen LogP contribution in [0.3, 0.4) is 0 Å². The summed E-state index contributed by atoms with van der Waals surface area (Å²) >= 11 is 0. The molecule has 3 aromatic rings. The highest BCUT2D eigenvalue weighted by atomic mass is 16.1. The molecule has 30 heavy (non-hydrogen) atoms. The van der Waals surface area contributed by atoms with E-state index in [9.17, 15) is 10.1 Å². The normalized spacial score (nSPS) is 16.1. The Balaban J connectivity index is 1.65. The van der Waals surface area contributed by atoms with E-state index < -0.39 is 0 Å². The Morgan fingerprint density at radius 3 is 2.70 bits per heavy atom. The van der Waals surface area contributed by atoms with Crippen molar-refractivity contribution in [1.82, 2.24) is 24.7 Å². The number of anilines is 4. The number of primary amides is 1. The average molecular weight is 404 g/mol. The molecule has 11 nitrogen and oxygen atoms in total. The molecule has 1 unspecified atom stereocenters. The summed E-state index contributed by atoms with van der Waals surface area (Å²) < 4.78 is 1.34. The Morgan fingerprint density at radius 2 is 1.97 bits per heavy atom. The number of nitrogens with zero attached hydrogens (tertiary/aromatic N) is 7. The quantitative estimate of drug-likeness (QED) is 0.561. The summed E-state index contributed by atoms with van der Waals surface area (Å²) in [7, 11) is 0. The molecule has 0 bridgehead atoms. The molecule has 2 aromatic heterocycles. The minimum absolute atomic E-state index is 0.0313. The summed E-state index contributed by atoms with van der Waals surface area (Å²) in [5, 5.41) is 16.8. The highest BCUT2D eigenvalue weighted by Crippen LogP contribution is 2.24. The number of aromatic nitrogens is 5. The molecule has 1 aromatic carbocycles. The van der Waals surface area contributed by atoms with Crippen LogP contribution in [0, 0.1) is 17.2 Å². The van der Waals surface area contributed by atoms with Crippen LogP contribution in [0.4, 0.5) is 23.4 Å². The van der Waals surface area contributed by atoms with Crippen LogP contribution in [0.2, 0.25) is 0 Å². The average Bonchev–Trinajstić information content (AvgIpc) is 3.14. The van der Waals surface area contributed by atoms with Crippen LogP contribution in [0.1, 0.15) is 18.7 Å². The van der Waals surface area contributed by atoms with Gasteiger partial charge in [0, 0.05) is 24.8 Å². The van der Waals surface area contributed by atoms with E-state index in [1.54, 1.807) is 6.07 Å². The molecule has 0 saturated carbocycles. The van der Waals surface area contributed by atoms with Crippen LogP contribution < -0.4 is 21.7 Å². The molecule has 1 amide bonds. The van der Waals surface area contributed by atoms with E-state index in [4.69, 9.17) is 11.5 Å². The fourth-order valence-corrected chi connectivity index (χ4v) is 3.36. The Labute approximate surface area is 172 Å². The maximum absolute atomic E-state index is 11.6. The van der Waals surface area contributed by atoms with E-state index >= 15 is 0 Å². The fourth-order valence-electron chi connectivity index (χ4n) is 3.36. The summed E-state index contributed by atoms with van der Waals surface area (Å²) in [6, 6.07) is 13.0. The van der Waals surface area contributed by atoms with Crippen molar-refractivity contribution in [2.24, 2.45) is 11.7 Å². The summed E-state index contributed by atoms with van der Waals surface area (Å²) in [5.74, 6) is 0.585. The summed E-state index contributed by atoms with van der Waals surface area (Å²) in [6.07, 6.45) is 1.53. The van der Waals surface area contributed by atoms with Crippen molar-refractivity contribution in [3.8, 4) is 11.9 Å². The maximum atomic E-state index is 11.6. The number of nitrogens with one attached hydrogen (secondary N) is 1. The lowest BCUT2D eigenvalue weighted by atomic mass is 9.97. The number of hydrogen-bond acceptors (Lipinski definition) is 9. The number of amides is 1. The van der Waals surface area contributed by atoms with Crippen LogP contribution in [-0.4, -0.2) is 43.7 Å². The number of nitrogen functional groups attached to an aromatic ring is 1. The topological polar surface area (TPSA) is 165 Å². The van der Waals surface area contributed by atoms with Crippen LogP contribution in [0.15, 0.2) is 36.4 Å². The summed E-state index contributed by atoms with van der Waals surface area (Å²) in [5.41, 5.74) is 12.3. The molecule has 152 valence electrons. The zero-order valence-electron chi connectivity index (χ0n) is 16.1. The van der Waals surface area contributed by atoms with E-state index in [1.165, 1.54) is 4.68 Å². The number of nitriles is 1. The first kappa shape index (κ1) is 19.1. The third-order valence-corrected chi connectivity index (χ3v) is 4.83. The minimum Gasteiger partial charge on any atom is -0.369 e. The van der Waals surface area contributed by atoms with Crippen molar-refractivity contribution in [3.63, 3.8) is 0 Å². The fraction of sp³-hybridized carbons (Fsp3) is 0.263. The van der Waals surface area contributed by atoms with Crippen LogP contribution in [0.25, 0.3) is 5.82 Å². The highest BCUT2D eigenvalue weighted by Gasteiger charge is 2.26. The van der Waals surface area contributed by atoms with Crippen LogP contribution >= 0.6 is 0 Å². The van der Waals surface area contributed by atoms with Gasteiger partial charge in [-0.3, -0.25) is 4.79 Å². The molecule has 0 radical (unpaired) electrons. The third-order valence-electron chi connectivity index (χ3n) is 4.83. The van der Waals surface area contributed by atoms with Gasteiger partial charge in [-0.05, 0) is 25.0 Å². The van der Waals surface area contributed by atoms with Crippen molar-refractivity contribution in [2.75, 3.05) is 29.0 Å². The van der Waals surface area contributed by atoms with Gasteiger partial charge in [0.2, 0.25) is 23.6 Å². The second-order valence-electron chi connectivity index (χ2n) is 6.90. The molecule has 1 saturated heterocycles. The number of rotatable bonds is 5. The standard InChI is InChI=1S/C19H20N10O/c20-10-14-24-15(28-8-4-5-12(11-28)17(21)30)9-16(25-14)29-18(22)26-19(27-29)23-13-6-2-1-3-7-13/h1-3,6-7,9,12H,4-5,8,11H2,(H2,21,30)(H3,22,23,26,27). The molecule has 1 atom stereocenters. The largest absolute Gasteiger partial charge is 0.369 e. The maximum Gasteiger partial charge on any atom is 0.248 e. The van der Waals surface area contributed by atoms with Crippen molar-refractivity contribution >= 4 is 29.3 Å². The van der Waals surface area contributed by atoms with Gasteiger partial charge in [0.05, 0.1) is 5.92 Å². The second-order valence-corrected chi connectivity index (χ2v) is 6.90. The van der Waals surface area contributed by atoms with Gasteiger partial charge in [-0.15, -0.1) is 5.10 Å². The molecule has 4 rings (SSSR count). The first-order chi connectivity index (χ1) is 14.5. The predicted molar refractivity (Wildman–Crippen MR) is 110 cm³/mol. The zero-order valence-corrected chi connectivity index (χ0v) is 16.1. The number of piperidine rings is 1. The van der Waals surface area contributed by atoms with Crippen LogP contribution in [0.5, 0.6) is 0 Å². The van der Waals surface area contributed by atoms with Crippen molar-refractivity contribution in [3.05, 3.63) is 42.2 Å². The first-order valence-corrected chi connectivity index (χ1v) is 9.42. The van der Waals surface area contributed by atoms with Crippen molar-refractivity contribution in [2.45, 2.75) is 12.8 Å². The predicted octanol–water partition coefficient (Wildman–Crippen LogP) is 0.956. The van der Waals surface area contributed by atoms with E-state index in [1.807, 2.05) is 41.3 Å². The van der Waals surface area contributed by atoms with E-state index in [-0.39, 0.29) is 23.6 Å². The molecule has 1 aliphatic rings. The van der Waals surface area contributed by atoms with Gasteiger partial charge in [-0.1, -0.05) is 18.2 Å². The molecule has 0 spiro atoms. The van der Waals surface area contributed by atoms with Gasteiger partial charge in [0.15, 0.2) is 5.82 Å². The number of carbonyl (C=O) groups is 1. The van der Waals surface area contributed by atoms with E-state index in [0.29, 0.717) is 30.7 Å². The lowest BCUT2D eigenvalue weighted by Gasteiger charge is -2.32. The van der Waals surface area contributed by atoms with Crippen molar-refractivity contribution in [1.29, 1.82) is 5.26 Å². The number of para-hydroxylation sites is 1. The van der Waals surface area contributed by atoms with E-state index in [2.05, 4.69) is 25.4 Å².